The third kappa shape index (κ3) is 5.58. The number of fused-ring (bicyclic) bond motifs is 1. The van der Waals surface area contributed by atoms with Gasteiger partial charge in [-0.3, -0.25) is 14.7 Å². The number of anilines is 2. The lowest BCUT2D eigenvalue weighted by molar-refractivity contribution is -0.120. The van der Waals surface area contributed by atoms with Crippen LogP contribution in [0.15, 0.2) is 60.7 Å². The second-order valence-corrected chi connectivity index (χ2v) is 10.0. The molecule has 0 radical (unpaired) electrons. The van der Waals surface area contributed by atoms with Gasteiger partial charge in [0.1, 0.15) is 10.6 Å². The van der Waals surface area contributed by atoms with Crippen molar-refractivity contribution in [2.24, 2.45) is 0 Å². The van der Waals surface area contributed by atoms with Gasteiger partial charge >= 0.3 is 0 Å². The number of aromatic nitrogens is 2. The first kappa shape index (κ1) is 24.0. The highest BCUT2D eigenvalue weighted by atomic mass is 32.1. The molecule has 1 saturated heterocycles. The fourth-order valence-electron chi connectivity index (χ4n) is 4.39. The summed E-state index contributed by atoms with van der Waals surface area (Å²) >= 11 is 1.45. The van der Waals surface area contributed by atoms with Crippen molar-refractivity contribution in [1.82, 2.24) is 20.4 Å². The molecule has 1 aliphatic heterocycles. The molecule has 0 spiro atoms. The van der Waals surface area contributed by atoms with Crippen LogP contribution in [0.1, 0.15) is 27.7 Å². The molecule has 8 nitrogen and oxygen atoms in total. The van der Waals surface area contributed by atoms with Crippen molar-refractivity contribution in [3.05, 3.63) is 76.7 Å². The van der Waals surface area contributed by atoms with Gasteiger partial charge in [0.15, 0.2) is 0 Å². The molecule has 186 valence electrons. The highest BCUT2D eigenvalue weighted by molar-refractivity contribution is 7.18. The topological polar surface area (TPSA) is 93.4 Å². The maximum absolute atomic E-state index is 12.9. The lowest BCUT2D eigenvalue weighted by Gasteiger charge is -2.35. The van der Waals surface area contributed by atoms with Gasteiger partial charge in [0, 0.05) is 48.9 Å². The van der Waals surface area contributed by atoms with Gasteiger partial charge < -0.3 is 20.4 Å². The van der Waals surface area contributed by atoms with Crippen molar-refractivity contribution in [3.8, 4) is 0 Å². The Balaban J connectivity index is 1.18. The second kappa shape index (κ2) is 10.9. The van der Waals surface area contributed by atoms with E-state index in [0.29, 0.717) is 17.9 Å². The van der Waals surface area contributed by atoms with Crippen molar-refractivity contribution < 1.29 is 9.59 Å². The average Bonchev–Trinajstić information content (AvgIpc) is 3.49. The van der Waals surface area contributed by atoms with Crippen LogP contribution in [-0.2, 0) is 17.8 Å². The Morgan fingerprint density at radius 1 is 1.03 bits per heavy atom. The molecule has 5 rings (SSSR count). The third-order valence-electron chi connectivity index (χ3n) is 6.52. The zero-order valence-electron chi connectivity index (χ0n) is 20.3. The molecular weight excluding hydrogens is 472 g/mol. The number of carbonyl (C=O) groups is 2. The molecule has 4 aromatic rings. The SMILES string of the molecule is CCN1CCN(c2ccc(C(=O)Nc3[nH]nc4sc(CC(=O)NCc5ccccc5)cc34)cc2)CC1. The number of nitrogens with zero attached hydrogens (tertiary/aromatic N) is 3. The minimum absolute atomic E-state index is 0.0477. The number of thiophene rings is 1. The van der Waals surface area contributed by atoms with E-state index < -0.39 is 0 Å². The standard InChI is InChI=1S/C27H30N6O2S/c1-2-32-12-14-33(15-13-32)21-10-8-20(9-11-21)26(35)29-25-23-16-22(36-27(23)31-30-25)17-24(34)28-18-19-6-4-3-5-7-19/h3-11,16H,2,12-15,17-18H2,1H3,(H,28,34)(H2,29,30,31,35). The second-order valence-electron chi connectivity index (χ2n) is 8.89. The Morgan fingerprint density at radius 2 is 1.78 bits per heavy atom. The maximum Gasteiger partial charge on any atom is 0.256 e. The monoisotopic (exact) mass is 502 g/mol. The van der Waals surface area contributed by atoms with Crippen LogP contribution in [0.3, 0.4) is 0 Å². The molecule has 2 aromatic heterocycles. The molecule has 0 atom stereocenters. The fraction of sp³-hybridized carbons (Fsp3) is 0.296. The van der Waals surface area contributed by atoms with E-state index in [9.17, 15) is 9.59 Å². The van der Waals surface area contributed by atoms with E-state index >= 15 is 0 Å². The number of hydrogen-bond donors (Lipinski definition) is 3. The van der Waals surface area contributed by atoms with Crippen molar-refractivity contribution >= 4 is 44.9 Å². The van der Waals surface area contributed by atoms with Crippen molar-refractivity contribution in [2.75, 3.05) is 42.9 Å². The molecule has 3 N–H and O–H groups in total. The van der Waals surface area contributed by atoms with Gasteiger partial charge in [-0.25, -0.2) is 0 Å². The van der Waals surface area contributed by atoms with E-state index in [1.807, 2.05) is 60.7 Å². The van der Waals surface area contributed by atoms with E-state index in [2.05, 4.69) is 37.6 Å². The lowest BCUT2D eigenvalue weighted by Crippen LogP contribution is -2.46. The van der Waals surface area contributed by atoms with Crippen LogP contribution in [0.2, 0.25) is 0 Å². The summed E-state index contributed by atoms with van der Waals surface area (Å²) in [6.45, 7) is 7.89. The lowest BCUT2D eigenvalue weighted by atomic mass is 10.1. The molecule has 36 heavy (non-hydrogen) atoms. The van der Waals surface area contributed by atoms with Gasteiger partial charge in [-0.15, -0.1) is 11.3 Å². The summed E-state index contributed by atoms with van der Waals surface area (Å²) in [6, 6.07) is 19.5. The summed E-state index contributed by atoms with van der Waals surface area (Å²) in [5.74, 6) is 0.298. The predicted octanol–water partition coefficient (Wildman–Crippen LogP) is 3.88. The number of amides is 2. The van der Waals surface area contributed by atoms with E-state index in [0.717, 1.165) is 59.1 Å². The number of H-pyrrole nitrogens is 1. The summed E-state index contributed by atoms with van der Waals surface area (Å²) in [5, 5.41) is 13.9. The van der Waals surface area contributed by atoms with Gasteiger partial charge in [-0.05, 0) is 42.4 Å². The molecular formula is C27H30N6O2S. The zero-order valence-corrected chi connectivity index (χ0v) is 21.1. The minimum atomic E-state index is -0.198. The zero-order chi connectivity index (χ0) is 24.9. The molecule has 0 unspecified atom stereocenters. The number of aromatic amines is 1. The molecule has 1 aliphatic rings. The van der Waals surface area contributed by atoms with Crippen molar-refractivity contribution in [3.63, 3.8) is 0 Å². The summed E-state index contributed by atoms with van der Waals surface area (Å²) < 4.78 is 0. The van der Waals surface area contributed by atoms with Crippen molar-refractivity contribution in [2.45, 2.75) is 19.9 Å². The smallest absolute Gasteiger partial charge is 0.256 e. The quantitative estimate of drug-likeness (QED) is 0.340. The number of benzene rings is 2. The summed E-state index contributed by atoms with van der Waals surface area (Å²) in [5.41, 5.74) is 2.79. The summed E-state index contributed by atoms with van der Waals surface area (Å²) in [4.78, 5) is 31.7. The van der Waals surface area contributed by atoms with Crippen LogP contribution in [0.4, 0.5) is 11.5 Å². The Bertz CT molecular complexity index is 1320. The molecule has 1 fully saturated rings. The van der Waals surface area contributed by atoms with Crippen LogP contribution in [0.5, 0.6) is 0 Å². The van der Waals surface area contributed by atoms with E-state index in [1.54, 1.807) is 0 Å². The van der Waals surface area contributed by atoms with E-state index in [-0.39, 0.29) is 18.2 Å². The minimum Gasteiger partial charge on any atom is -0.369 e. The Morgan fingerprint density at radius 3 is 2.50 bits per heavy atom. The molecule has 0 aliphatic carbocycles. The van der Waals surface area contributed by atoms with Gasteiger partial charge in [-0.1, -0.05) is 37.3 Å². The molecule has 0 saturated carbocycles. The van der Waals surface area contributed by atoms with Crippen LogP contribution in [0.25, 0.3) is 10.2 Å². The Kier molecular flexibility index (Phi) is 7.29. The highest BCUT2D eigenvalue weighted by Gasteiger charge is 2.18. The first-order chi connectivity index (χ1) is 17.6. The first-order valence-corrected chi connectivity index (χ1v) is 13.1. The Hall–Kier alpha value is -3.69. The molecule has 3 heterocycles. The highest BCUT2D eigenvalue weighted by Crippen LogP contribution is 2.30. The molecule has 2 amide bonds. The van der Waals surface area contributed by atoms with E-state index in [4.69, 9.17) is 0 Å². The number of carbonyl (C=O) groups excluding carboxylic acids is 2. The van der Waals surface area contributed by atoms with Gasteiger partial charge in [0.2, 0.25) is 5.91 Å². The van der Waals surface area contributed by atoms with Crippen LogP contribution >= 0.6 is 11.3 Å². The first-order valence-electron chi connectivity index (χ1n) is 12.2. The molecule has 0 bridgehead atoms. The summed E-state index contributed by atoms with van der Waals surface area (Å²) in [7, 11) is 0. The summed E-state index contributed by atoms with van der Waals surface area (Å²) in [6.07, 6.45) is 0.273. The largest absolute Gasteiger partial charge is 0.369 e. The molecule has 9 heteroatoms. The van der Waals surface area contributed by atoms with Crippen LogP contribution < -0.4 is 15.5 Å². The predicted molar refractivity (Wildman–Crippen MR) is 145 cm³/mol. The number of hydrogen-bond acceptors (Lipinski definition) is 6. The third-order valence-corrected chi connectivity index (χ3v) is 7.55. The number of nitrogens with one attached hydrogen (secondary N) is 3. The van der Waals surface area contributed by atoms with Gasteiger partial charge in [0.05, 0.1) is 11.8 Å². The van der Waals surface area contributed by atoms with Gasteiger partial charge in [-0.2, -0.15) is 5.10 Å². The van der Waals surface area contributed by atoms with Gasteiger partial charge in [0.25, 0.3) is 5.91 Å². The maximum atomic E-state index is 12.9. The van der Waals surface area contributed by atoms with E-state index in [1.165, 1.54) is 11.3 Å². The van der Waals surface area contributed by atoms with Crippen LogP contribution in [0, 0.1) is 0 Å². The molecule has 2 aromatic carbocycles. The fourth-order valence-corrected chi connectivity index (χ4v) is 5.38. The number of rotatable bonds is 8. The van der Waals surface area contributed by atoms with Crippen LogP contribution in [-0.4, -0.2) is 59.6 Å². The number of likely N-dealkylation sites (N-methyl/N-ethyl adjacent to an activating group) is 1. The normalized spacial score (nSPS) is 14.2. The number of piperazine rings is 1. The Labute approximate surface area is 214 Å². The average molecular weight is 503 g/mol. The van der Waals surface area contributed by atoms with Crippen molar-refractivity contribution in [1.29, 1.82) is 0 Å².